The number of halogens is 1. The van der Waals surface area contributed by atoms with Crippen LogP contribution in [-0.4, -0.2) is 114 Å². The number of pyridine rings is 2. The molecule has 18 heteroatoms. The molecule has 6 rings (SSSR count). The molecule has 0 radical (unpaired) electrons. The van der Waals surface area contributed by atoms with Gasteiger partial charge in [0.1, 0.15) is 32.7 Å². The van der Waals surface area contributed by atoms with E-state index in [2.05, 4.69) is 25.5 Å². The Labute approximate surface area is 311 Å². The van der Waals surface area contributed by atoms with Crippen molar-refractivity contribution in [2.24, 2.45) is 5.92 Å². The number of piperidine rings is 1. The molecule has 1 saturated carbocycles. The maximum Gasteiger partial charge on any atom is 0.317 e. The average molecular weight is 747 g/mol. The minimum absolute atomic E-state index is 0.0404. The molecule has 13 nitrogen and oxygen atoms in total. The molecule has 2 atom stereocenters. The van der Waals surface area contributed by atoms with E-state index in [1.54, 1.807) is 35.5 Å². The van der Waals surface area contributed by atoms with Gasteiger partial charge in [-0.25, -0.2) is 14.2 Å². The molecule has 3 aromatic rings. The van der Waals surface area contributed by atoms with Crippen molar-refractivity contribution in [2.45, 2.75) is 48.0 Å². The molecule has 52 heavy (non-hydrogen) atoms. The lowest BCUT2D eigenvalue weighted by molar-refractivity contribution is -0.385. The monoisotopic (exact) mass is 746 g/mol. The van der Waals surface area contributed by atoms with Crippen LogP contribution in [0.1, 0.15) is 36.3 Å². The molecular weight excluding hydrogens is 705 g/mol. The number of hydrogen-bond donors (Lipinski definition) is 2. The zero-order valence-electron chi connectivity index (χ0n) is 29.2. The summed E-state index contributed by atoms with van der Waals surface area (Å²) in [6.07, 6.45) is 6.79. The Morgan fingerprint density at radius 3 is 2.44 bits per heavy atom. The number of anilines is 1. The highest BCUT2D eigenvalue weighted by molar-refractivity contribution is 8.76. The predicted octanol–water partition coefficient (Wildman–Crippen LogP) is 2.91. The van der Waals surface area contributed by atoms with E-state index in [1.807, 2.05) is 32.7 Å². The summed E-state index contributed by atoms with van der Waals surface area (Å²) in [6.45, 7) is 4.14. The van der Waals surface area contributed by atoms with Gasteiger partial charge in [0.2, 0.25) is 11.8 Å². The SMILES string of the molecule is BC1(B)C(C(=O)Nc2ccc(CNC(=O)N3CCC(N4CCN(C(=O)CCSSc5ccc([N+](=O)[O-])cn5)CC4)CC3)c(F)c2)C1c1cccnc1. The van der Waals surface area contributed by atoms with Crippen LogP contribution in [0.3, 0.4) is 0 Å². The first-order chi connectivity index (χ1) is 25.0. The van der Waals surface area contributed by atoms with Crippen molar-refractivity contribution in [2.75, 3.05) is 50.3 Å². The van der Waals surface area contributed by atoms with E-state index in [-0.39, 0.29) is 47.1 Å². The number of rotatable bonds is 12. The standard InChI is InChI=1S/C34H41B2FN8O5S2/c35-34(36)30(23-2-1-10-38-19-23)31(34)32(47)41-24-4-3-22(27(37)18-24)20-40-33(48)44-11-7-25(8-12-44)42-13-15-43(16-14-42)29(46)9-17-51-52-28-6-5-26(21-39-28)45(49)50/h1-6,10,18-19,21,25,30-31H,7-9,11-17,20,35-36H2,(H,40,48)(H,41,47). The third-order valence-corrected chi connectivity index (χ3v) is 12.6. The highest BCUT2D eigenvalue weighted by atomic mass is 33.1. The van der Waals surface area contributed by atoms with Crippen molar-refractivity contribution in [3.8, 4) is 0 Å². The highest BCUT2D eigenvalue weighted by Gasteiger charge is 2.61. The van der Waals surface area contributed by atoms with Gasteiger partial charge in [-0.2, -0.15) is 0 Å². The van der Waals surface area contributed by atoms with E-state index in [9.17, 15) is 24.5 Å². The Hall–Kier alpha value is -4.15. The van der Waals surface area contributed by atoms with Crippen molar-refractivity contribution in [3.05, 3.63) is 88.1 Å². The number of nitrogens with zero attached hydrogens (tertiary/aromatic N) is 6. The van der Waals surface area contributed by atoms with Crippen LogP contribution < -0.4 is 10.6 Å². The van der Waals surface area contributed by atoms with Crippen LogP contribution in [0, 0.1) is 21.8 Å². The number of piperazine rings is 1. The molecule has 3 aliphatic rings. The third-order valence-electron chi connectivity index (χ3n) is 10.3. The summed E-state index contributed by atoms with van der Waals surface area (Å²) in [5.41, 5.74) is 1.68. The Balaban J connectivity index is 0.867. The van der Waals surface area contributed by atoms with Gasteiger partial charge in [0.25, 0.3) is 5.69 Å². The van der Waals surface area contributed by atoms with Crippen molar-refractivity contribution >= 4 is 66.5 Å². The summed E-state index contributed by atoms with van der Waals surface area (Å²) in [4.78, 5) is 63.4. The van der Waals surface area contributed by atoms with Crippen molar-refractivity contribution in [3.63, 3.8) is 0 Å². The first-order valence-electron chi connectivity index (χ1n) is 17.4. The summed E-state index contributed by atoms with van der Waals surface area (Å²) >= 11 is 0. The van der Waals surface area contributed by atoms with E-state index in [1.165, 1.54) is 39.9 Å². The molecule has 0 bridgehead atoms. The molecule has 2 saturated heterocycles. The first-order valence-corrected chi connectivity index (χ1v) is 19.8. The molecule has 272 valence electrons. The van der Waals surface area contributed by atoms with Gasteiger partial charge in [-0.05, 0) is 59.4 Å². The fourth-order valence-corrected chi connectivity index (χ4v) is 9.11. The van der Waals surface area contributed by atoms with Gasteiger partial charge in [-0.15, -0.1) is 0 Å². The van der Waals surface area contributed by atoms with Gasteiger partial charge >= 0.3 is 6.03 Å². The van der Waals surface area contributed by atoms with E-state index in [4.69, 9.17) is 0 Å². The normalized spacial score (nSPS) is 20.2. The maximum absolute atomic E-state index is 15.0. The Kier molecular flexibility index (Phi) is 12.1. The average Bonchev–Trinajstić information content (AvgIpc) is 3.75. The number of urea groups is 1. The van der Waals surface area contributed by atoms with Gasteiger partial charge in [-0.3, -0.25) is 29.6 Å². The lowest BCUT2D eigenvalue weighted by Crippen LogP contribution is -2.55. The second kappa shape index (κ2) is 16.7. The Morgan fingerprint density at radius 2 is 1.79 bits per heavy atom. The zero-order valence-corrected chi connectivity index (χ0v) is 30.8. The number of aromatic nitrogens is 2. The van der Waals surface area contributed by atoms with E-state index < -0.39 is 10.7 Å². The lowest BCUT2D eigenvalue weighted by atomic mass is 9.63. The minimum atomic E-state index is -0.495. The fraction of sp³-hybridized carbons (Fsp3) is 0.441. The van der Waals surface area contributed by atoms with Crippen LogP contribution in [0.4, 0.5) is 20.6 Å². The number of benzene rings is 1. The smallest absolute Gasteiger partial charge is 0.317 e. The number of amides is 4. The maximum atomic E-state index is 15.0. The zero-order chi connectivity index (χ0) is 36.8. The van der Waals surface area contributed by atoms with Gasteiger partial charge in [-0.1, -0.05) is 28.1 Å². The van der Waals surface area contributed by atoms with E-state index in [0.717, 1.165) is 31.5 Å². The van der Waals surface area contributed by atoms with Crippen LogP contribution in [0.2, 0.25) is 5.21 Å². The minimum Gasteiger partial charge on any atom is -0.340 e. The molecule has 0 spiro atoms. The molecular formula is C34H41B2FN8O5S2. The topological polar surface area (TPSA) is 154 Å². The molecule has 1 aliphatic carbocycles. The summed E-state index contributed by atoms with van der Waals surface area (Å²) in [5, 5.41) is 16.9. The largest absolute Gasteiger partial charge is 0.340 e. The highest BCUT2D eigenvalue weighted by Crippen LogP contribution is 2.66. The number of hydrogen-bond acceptors (Lipinski definition) is 10. The Morgan fingerprint density at radius 1 is 1.02 bits per heavy atom. The van der Waals surface area contributed by atoms with Crippen LogP contribution in [0.5, 0.6) is 0 Å². The molecule has 2 aromatic heterocycles. The Bertz CT molecular complexity index is 1760. The number of nitrogens with one attached hydrogen (secondary N) is 2. The van der Waals surface area contributed by atoms with E-state index >= 15 is 4.39 Å². The van der Waals surface area contributed by atoms with E-state index in [0.29, 0.717) is 60.7 Å². The second-order valence-electron chi connectivity index (χ2n) is 13.9. The van der Waals surface area contributed by atoms with Crippen molar-refractivity contribution < 1.29 is 23.7 Å². The van der Waals surface area contributed by atoms with Crippen LogP contribution in [-0.2, 0) is 16.1 Å². The number of carbonyl (C=O) groups excluding carboxylic acids is 3. The summed E-state index contributed by atoms with van der Waals surface area (Å²) < 4.78 is 15.0. The molecule has 4 heterocycles. The van der Waals surface area contributed by atoms with Gasteiger partial charge < -0.3 is 20.4 Å². The quantitative estimate of drug-likeness (QED) is 0.0931. The molecule has 1 aromatic carbocycles. The summed E-state index contributed by atoms with van der Waals surface area (Å²) in [5.74, 6) is -0.101. The summed E-state index contributed by atoms with van der Waals surface area (Å²) in [6, 6.07) is 11.5. The third kappa shape index (κ3) is 9.07. The van der Waals surface area contributed by atoms with Gasteiger partial charge in [0.15, 0.2) is 0 Å². The van der Waals surface area contributed by atoms with Crippen LogP contribution >= 0.6 is 21.6 Å². The van der Waals surface area contributed by atoms with Crippen LogP contribution in [0.25, 0.3) is 0 Å². The number of carbonyl (C=O) groups is 3. The van der Waals surface area contributed by atoms with Gasteiger partial charge in [0.05, 0.1) is 4.92 Å². The number of nitro groups is 1. The summed E-state index contributed by atoms with van der Waals surface area (Å²) in [7, 11) is 6.99. The van der Waals surface area contributed by atoms with Crippen molar-refractivity contribution in [1.82, 2.24) is 30.0 Å². The second-order valence-corrected chi connectivity index (χ2v) is 16.4. The fourth-order valence-electron chi connectivity index (χ4n) is 7.27. The lowest BCUT2D eigenvalue weighted by Gasteiger charge is -2.42. The first kappa shape index (κ1) is 37.6. The van der Waals surface area contributed by atoms with Crippen molar-refractivity contribution in [1.29, 1.82) is 0 Å². The molecule has 2 N–H and O–H groups in total. The molecule has 4 amide bonds. The molecule has 3 fully saturated rings. The molecule has 2 aliphatic heterocycles. The van der Waals surface area contributed by atoms with Crippen LogP contribution in [0.15, 0.2) is 66.1 Å². The molecule has 2 unspecified atom stereocenters. The predicted molar refractivity (Wildman–Crippen MR) is 204 cm³/mol. The van der Waals surface area contributed by atoms with Gasteiger partial charge in [0, 0.05) is 99.7 Å². The number of likely N-dealkylation sites (tertiary alicyclic amines) is 1.